The molecule has 1 N–H and O–H groups in total. The molecule has 4 aliphatic rings. The predicted octanol–water partition coefficient (Wildman–Crippen LogP) is 7.98. The molecule has 4 saturated carbocycles. The van der Waals surface area contributed by atoms with Crippen LogP contribution in [0.2, 0.25) is 0 Å². The van der Waals surface area contributed by atoms with Crippen LogP contribution in [0, 0.1) is 0 Å². The number of carbonyl (C=O) groups is 1. The lowest BCUT2D eigenvalue weighted by molar-refractivity contribution is -0.276. The highest BCUT2D eigenvalue weighted by molar-refractivity contribution is 5.77. The zero-order valence-electron chi connectivity index (χ0n) is 20.5. The summed E-state index contributed by atoms with van der Waals surface area (Å²) in [7, 11) is 0. The quantitative estimate of drug-likeness (QED) is 0.271. The number of aldehydes is 1. The fourth-order valence-electron chi connectivity index (χ4n) is 4.85. The lowest BCUT2D eigenvalue weighted by atomic mass is 9.98. The average Bonchev–Trinajstić information content (AvgIpc) is 3.70. The number of aliphatic hydroxyl groups excluding tert-OH is 1. The van der Waals surface area contributed by atoms with E-state index in [1.54, 1.807) is 12.1 Å². The summed E-state index contributed by atoms with van der Waals surface area (Å²) in [5, 5.41) is 9.25. The van der Waals surface area contributed by atoms with E-state index in [2.05, 4.69) is 9.47 Å². The van der Waals surface area contributed by atoms with Gasteiger partial charge in [0.05, 0.1) is 6.61 Å². The topological polar surface area (TPSA) is 55.8 Å². The largest absolute Gasteiger partial charge is 0.573 e. The number of alkyl halides is 6. The summed E-state index contributed by atoms with van der Waals surface area (Å²) >= 11 is 0. The fraction of sp³-hybridized carbons (Fsp3) is 0.536. The van der Waals surface area contributed by atoms with Gasteiger partial charge in [-0.2, -0.15) is 0 Å². The molecule has 0 aliphatic heterocycles. The van der Waals surface area contributed by atoms with Crippen LogP contribution in [0.15, 0.2) is 24.3 Å². The Labute approximate surface area is 215 Å². The first-order chi connectivity index (χ1) is 18.0. The van der Waals surface area contributed by atoms with Crippen molar-refractivity contribution in [2.24, 2.45) is 0 Å². The lowest BCUT2D eigenvalue weighted by Gasteiger charge is -2.18. The van der Waals surface area contributed by atoms with Crippen molar-refractivity contribution in [2.45, 2.75) is 94.4 Å². The van der Waals surface area contributed by atoms with Gasteiger partial charge in [-0.1, -0.05) is 0 Å². The van der Waals surface area contributed by atoms with Crippen LogP contribution < -0.4 is 9.47 Å². The highest BCUT2D eigenvalue weighted by Crippen LogP contribution is 2.53. The minimum Gasteiger partial charge on any atom is -0.405 e. The Kier molecular flexibility index (Phi) is 7.13. The van der Waals surface area contributed by atoms with Crippen LogP contribution in [-0.2, 0) is 6.61 Å². The second-order valence-corrected chi connectivity index (χ2v) is 10.6. The zero-order chi connectivity index (χ0) is 27.2. The Bertz CT molecular complexity index is 1120. The molecular formula is C28H28F6O4. The zero-order valence-corrected chi connectivity index (χ0v) is 20.5. The minimum atomic E-state index is -4.68. The Morgan fingerprint density at radius 3 is 1.21 bits per heavy atom. The van der Waals surface area contributed by atoms with E-state index in [4.69, 9.17) is 0 Å². The summed E-state index contributed by atoms with van der Waals surface area (Å²) in [4.78, 5) is 10.9. The fourth-order valence-corrected chi connectivity index (χ4v) is 4.85. The summed E-state index contributed by atoms with van der Waals surface area (Å²) < 4.78 is 84.0. The van der Waals surface area contributed by atoms with Gasteiger partial charge in [-0.3, -0.25) is 4.79 Å². The van der Waals surface area contributed by atoms with Gasteiger partial charge in [0.1, 0.15) is 17.8 Å². The van der Waals surface area contributed by atoms with Crippen molar-refractivity contribution in [1.29, 1.82) is 0 Å². The predicted molar refractivity (Wildman–Crippen MR) is 125 cm³/mol. The van der Waals surface area contributed by atoms with E-state index in [9.17, 15) is 36.2 Å². The van der Waals surface area contributed by atoms with Gasteiger partial charge in [-0.05, 0) is 127 Å². The first-order valence-corrected chi connectivity index (χ1v) is 12.9. The standard InChI is InChI=1S/C14H15F3O2.C14H13F3O2/c2*15-14(16,17)19-13-11(9-1-2-9)5-8(7-18)6-12(13)10-3-4-10/h5-6,9-10,18H,1-4,7H2;5-7,9-10H,1-4H2. The van der Waals surface area contributed by atoms with Gasteiger partial charge in [0.15, 0.2) is 0 Å². The lowest BCUT2D eigenvalue weighted by Crippen LogP contribution is -2.19. The maximum absolute atomic E-state index is 12.6. The summed E-state index contributed by atoms with van der Waals surface area (Å²) in [6.45, 7) is -0.147. The molecule has 0 bridgehead atoms. The molecule has 2 aromatic carbocycles. The summed E-state index contributed by atoms with van der Waals surface area (Å²) in [6.07, 6.45) is -1.62. The highest BCUT2D eigenvalue weighted by Gasteiger charge is 2.41. The molecule has 206 valence electrons. The van der Waals surface area contributed by atoms with E-state index < -0.39 is 12.7 Å². The molecule has 0 unspecified atom stereocenters. The van der Waals surface area contributed by atoms with Crippen molar-refractivity contribution in [3.8, 4) is 11.5 Å². The van der Waals surface area contributed by atoms with Crippen LogP contribution in [0.4, 0.5) is 26.3 Å². The first kappa shape index (κ1) is 26.8. The van der Waals surface area contributed by atoms with Crippen LogP contribution in [0.5, 0.6) is 11.5 Å². The molecule has 0 atom stereocenters. The number of halogens is 6. The Morgan fingerprint density at radius 2 is 0.974 bits per heavy atom. The average molecular weight is 543 g/mol. The maximum atomic E-state index is 12.6. The second kappa shape index (κ2) is 10.1. The Balaban J connectivity index is 0.000000155. The van der Waals surface area contributed by atoms with Crippen LogP contribution in [0.3, 0.4) is 0 Å². The van der Waals surface area contributed by atoms with Crippen molar-refractivity contribution < 1.29 is 45.7 Å². The van der Waals surface area contributed by atoms with Crippen LogP contribution in [0.25, 0.3) is 0 Å². The smallest absolute Gasteiger partial charge is 0.405 e. The summed E-state index contributed by atoms with van der Waals surface area (Å²) in [5.41, 5.74) is 3.45. The number of aliphatic hydroxyl groups is 1. The molecule has 4 nitrogen and oxygen atoms in total. The van der Waals surface area contributed by atoms with Gasteiger partial charge in [-0.25, -0.2) is 0 Å². The number of ether oxygens (including phenoxy) is 2. The number of hydrogen-bond acceptors (Lipinski definition) is 4. The molecule has 0 aromatic heterocycles. The summed E-state index contributed by atoms with van der Waals surface area (Å²) in [5.74, 6) is 0.463. The third-order valence-corrected chi connectivity index (χ3v) is 7.20. The SMILES string of the molecule is O=Cc1cc(C2CC2)c(OC(F)(F)F)c(C2CC2)c1.OCc1cc(C2CC2)c(OC(F)(F)F)c(C2CC2)c1. The van der Waals surface area contributed by atoms with Gasteiger partial charge in [-0.15, -0.1) is 26.3 Å². The van der Waals surface area contributed by atoms with E-state index in [-0.39, 0.29) is 41.8 Å². The van der Waals surface area contributed by atoms with E-state index in [0.29, 0.717) is 39.7 Å². The molecule has 0 amide bonds. The van der Waals surface area contributed by atoms with E-state index in [1.807, 2.05) is 0 Å². The number of rotatable bonds is 8. The van der Waals surface area contributed by atoms with Crippen molar-refractivity contribution in [2.75, 3.05) is 0 Å². The molecular weight excluding hydrogens is 514 g/mol. The van der Waals surface area contributed by atoms with Crippen molar-refractivity contribution in [3.05, 3.63) is 57.6 Å². The van der Waals surface area contributed by atoms with Gasteiger partial charge < -0.3 is 14.6 Å². The molecule has 10 heteroatoms. The molecule has 0 heterocycles. The minimum absolute atomic E-state index is 0.00491. The van der Waals surface area contributed by atoms with Gasteiger partial charge in [0, 0.05) is 5.56 Å². The highest BCUT2D eigenvalue weighted by atomic mass is 19.4. The molecule has 0 saturated heterocycles. The van der Waals surface area contributed by atoms with Crippen molar-refractivity contribution in [3.63, 3.8) is 0 Å². The van der Waals surface area contributed by atoms with Crippen LogP contribution >= 0.6 is 0 Å². The molecule has 4 fully saturated rings. The van der Waals surface area contributed by atoms with Crippen molar-refractivity contribution >= 4 is 6.29 Å². The third-order valence-electron chi connectivity index (χ3n) is 7.20. The number of hydrogen-bond donors (Lipinski definition) is 1. The summed E-state index contributed by atoms with van der Waals surface area (Å²) in [6, 6.07) is 6.39. The van der Waals surface area contributed by atoms with Gasteiger partial charge in [0.25, 0.3) is 0 Å². The van der Waals surface area contributed by atoms with E-state index in [0.717, 1.165) is 51.4 Å². The molecule has 2 aromatic rings. The molecule has 6 rings (SSSR count). The first-order valence-electron chi connectivity index (χ1n) is 12.9. The number of benzene rings is 2. The maximum Gasteiger partial charge on any atom is 0.573 e. The Hall–Kier alpha value is -2.75. The Morgan fingerprint density at radius 1 is 0.658 bits per heavy atom. The van der Waals surface area contributed by atoms with E-state index in [1.165, 1.54) is 12.1 Å². The van der Waals surface area contributed by atoms with Gasteiger partial charge >= 0.3 is 12.7 Å². The molecule has 38 heavy (non-hydrogen) atoms. The van der Waals surface area contributed by atoms with Crippen molar-refractivity contribution in [1.82, 2.24) is 0 Å². The monoisotopic (exact) mass is 542 g/mol. The molecule has 4 aliphatic carbocycles. The number of carbonyl (C=O) groups excluding carboxylic acids is 1. The van der Waals surface area contributed by atoms with Gasteiger partial charge in [0.2, 0.25) is 0 Å². The second-order valence-electron chi connectivity index (χ2n) is 10.6. The third kappa shape index (κ3) is 6.81. The van der Waals surface area contributed by atoms with Crippen LogP contribution in [0.1, 0.15) is 113 Å². The van der Waals surface area contributed by atoms with Crippen LogP contribution in [-0.4, -0.2) is 24.1 Å². The molecule has 0 spiro atoms. The normalized spacial score (nSPS) is 19.4. The van der Waals surface area contributed by atoms with E-state index >= 15 is 0 Å². The molecule has 0 radical (unpaired) electrons.